The molecule has 0 spiro atoms. The van der Waals surface area contributed by atoms with E-state index in [0.29, 0.717) is 6.54 Å². The molecule has 0 radical (unpaired) electrons. The van der Waals surface area contributed by atoms with Gasteiger partial charge in [-0.05, 0) is 31.4 Å². The Morgan fingerprint density at radius 3 is 2.53 bits per heavy atom. The van der Waals surface area contributed by atoms with Crippen LogP contribution in [-0.2, 0) is 9.59 Å². The van der Waals surface area contributed by atoms with Gasteiger partial charge in [-0.25, -0.2) is 0 Å². The fourth-order valence-electron chi connectivity index (χ4n) is 2.71. The van der Waals surface area contributed by atoms with Gasteiger partial charge >= 0.3 is 0 Å². The van der Waals surface area contributed by atoms with Crippen LogP contribution in [0, 0.1) is 13.8 Å². The molecule has 1 aromatic carbocycles. The largest absolute Gasteiger partial charge is 0.341 e. The standard InChI is InChI=1S/C15H20N2O2/c1-5-8-17-14-10(3)7-6-9(2)12(14)13(15(17)19)16-11(4)18/h6-7,13H,5,8H2,1-4H3,(H,16,18)/t13-/m1/s1. The molecule has 0 saturated carbocycles. The molecule has 1 atom stereocenters. The van der Waals surface area contributed by atoms with Gasteiger partial charge in [-0.15, -0.1) is 0 Å². The van der Waals surface area contributed by atoms with Gasteiger partial charge in [0.1, 0.15) is 6.04 Å². The van der Waals surface area contributed by atoms with Crippen LogP contribution in [0.3, 0.4) is 0 Å². The molecule has 0 aliphatic carbocycles. The summed E-state index contributed by atoms with van der Waals surface area (Å²) in [5.41, 5.74) is 4.06. The smallest absolute Gasteiger partial charge is 0.254 e. The Morgan fingerprint density at radius 1 is 1.32 bits per heavy atom. The average molecular weight is 260 g/mol. The first-order valence-electron chi connectivity index (χ1n) is 6.66. The molecule has 0 aromatic heterocycles. The summed E-state index contributed by atoms with van der Waals surface area (Å²) in [5.74, 6) is -0.201. The lowest BCUT2D eigenvalue weighted by Gasteiger charge is -2.18. The third kappa shape index (κ3) is 2.23. The van der Waals surface area contributed by atoms with Gasteiger partial charge in [0.2, 0.25) is 5.91 Å². The van der Waals surface area contributed by atoms with Crippen molar-refractivity contribution in [2.75, 3.05) is 11.4 Å². The number of benzene rings is 1. The van der Waals surface area contributed by atoms with E-state index in [-0.39, 0.29) is 11.8 Å². The fraction of sp³-hybridized carbons (Fsp3) is 0.467. The quantitative estimate of drug-likeness (QED) is 0.906. The maximum Gasteiger partial charge on any atom is 0.254 e. The molecule has 4 heteroatoms. The van der Waals surface area contributed by atoms with Crippen molar-refractivity contribution >= 4 is 17.5 Å². The molecule has 4 nitrogen and oxygen atoms in total. The van der Waals surface area contributed by atoms with Crippen LogP contribution >= 0.6 is 0 Å². The Kier molecular flexibility index (Phi) is 3.60. The van der Waals surface area contributed by atoms with Gasteiger partial charge in [0, 0.05) is 19.0 Å². The van der Waals surface area contributed by atoms with Gasteiger partial charge < -0.3 is 10.2 Å². The minimum absolute atomic E-state index is 0.0237. The monoisotopic (exact) mass is 260 g/mol. The number of amides is 2. The molecule has 0 saturated heterocycles. The minimum atomic E-state index is -0.529. The molecular weight excluding hydrogens is 240 g/mol. The van der Waals surface area contributed by atoms with Crippen LogP contribution in [-0.4, -0.2) is 18.4 Å². The number of hydrogen-bond donors (Lipinski definition) is 1. The van der Waals surface area contributed by atoms with Crippen molar-refractivity contribution in [1.82, 2.24) is 5.32 Å². The Morgan fingerprint density at radius 2 is 1.95 bits per heavy atom. The molecule has 1 aliphatic rings. The zero-order valence-corrected chi connectivity index (χ0v) is 11.9. The highest BCUT2D eigenvalue weighted by atomic mass is 16.2. The average Bonchev–Trinajstić information content (AvgIpc) is 2.60. The maximum atomic E-state index is 12.5. The van der Waals surface area contributed by atoms with Crippen molar-refractivity contribution in [3.8, 4) is 0 Å². The fourth-order valence-corrected chi connectivity index (χ4v) is 2.71. The van der Waals surface area contributed by atoms with E-state index in [0.717, 1.165) is 28.8 Å². The first-order chi connectivity index (χ1) is 8.97. The van der Waals surface area contributed by atoms with Crippen LogP contribution in [0.25, 0.3) is 0 Å². The highest BCUT2D eigenvalue weighted by Gasteiger charge is 2.39. The van der Waals surface area contributed by atoms with E-state index in [1.807, 2.05) is 32.9 Å². The van der Waals surface area contributed by atoms with Crippen molar-refractivity contribution in [2.45, 2.75) is 40.2 Å². The van der Waals surface area contributed by atoms with E-state index in [9.17, 15) is 9.59 Å². The van der Waals surface area contributed by atoms with Crippen molar-refractivity contribution in [1.29, 1.82) is 0 Å². The van der Waals surface area contributed by atoms with E-state index in [1.54, 1.807) is 4.90 Å². The van der Waals surface area contributed by atoms with Crippen LogP contribution in [0.2, 0.25) is 0 Å². The Hall–Kier alpha value is -1.84. The number of carbonyl (C=O) groups excluding carboxylic acids is 2. The van der Waals surface area contributed by atoms with Crippen LogP contribution < -0.4 is 10.2 Å². The molecule has 2 rings (SSSR count). The van der Waals surface area contributed by atoms with Crippen molar-refractivity contribution in [3.63, 3.8) is 0 Å². The molecule has 1 N–H and O–H groups in total. The maximum absolute atomic E-state index is 12.5. The third-order valence-corrected chi connectivity index (χ3v) is 3.50. The predicted molar refractivity (Wildman–Crippen MR) is 75.1 cm³/mol. The van der Waals surface area contributed by atoms with Crippen LogP contribution in [0.15, 0.2) is 12.1 Å². The lowest BCUT2D eigenvalue weighted by atomic mass is 9.99. The number of rotatable bonds is 3. The van der Waals surface area contributed by atoms with Gasteiger partial charge in [0.05, 0.1) is 5.69 Å². The number of aryl methyl sites for hydroxylation is 2. The summed E-state index contributed by atoms with van der Waals surface area (Å²) in [6.07, 6.45) is 0.894. The lowest BCUT2D eigenvalue weighted by molar-refractivity contribution is -0.126. The highest BCUT2D eigenvalue weighted by Crippen LogP contribution is 2.40. The van der Waals surface area contributed by atoms with Gasteiger partial charge in [0.25, 0.3) is 5.91 Å². The number of nitrogens with one attached hydrogen (secondary N) is 1. The molecule has 0 bridgehead atoms. The van der Waals surface area contributed by atoms with Gasteiger partial charge in [-0.3, -0.25) is 9.59 Å². The summed E-state index contributed by atoms with van der Waals surface area (Å²) in [6, 6.07) is 3.50. The van der Waals surface area contributed by atoms with E-state index < -0.39 is 6.04 Å². The summed E-state index contributed by atoms with van der Waals surface area (Å²) >= 11 is 0. The normalized spacial score (nSPS) is 17.6. The number of nitrogens with zero attached hydrogens (tertiary/aromatic N) is 1. The molecular formula is C15H20N2O2. The minimum Gasteiger partial charge on any atom is -0.341 e. The molecule has 2 amide bonds. The number of anilines is 1. The second-order valence-corrected chi connectivity index (χ2v) is 5.09. The summed E-state index contributed by atoms with van der Waals surface area (Å²) < 4.78 is 0. The van der Waals surface area contributed by atoms with Crippen molar-refractivity contribution < 1.29 is 9.59 Å². The summed E-state index contributed by atoms with van der Waals surface area (Å²) in [6.45, 7) is 8.16. The van der Waals surface area contributed by atoms with E-state index in [2.05, 4.69) is 5.32 Å². The lowest BCUT2D eigenvalue weighted by Crippen LogP contribution is -2.37. The number of carbonyl (C=O) groups is 2. The van der Waals surface area contributed by atoms with Crippen molar-refractivity contribution in [3.05, 3.63) is 28.8 Å². The van der Waals surface area contributed by atoms with Crippen molar-refractivity contribution in [2.24, 2.45) is 0 Å². The number of hydrogen-bond acceptors (Lipinski definition) is 2. The van der Waals surface area contributed by atoms with Crippen LogP contribution in [0.1, 0.15) is 43.0 Å². The second-order valence-electron chi connectivity index (χ2n) is 5.09. The zero-order chi connectivity index (χ0) is 14.2. The molecule has 0 unspecified atom stereocenters. The molecule has 19 heavy (non-hydrogen) atoms. The highest BCUT2D eigenvalue weighted by molar-refractivity contribution is 6.07. The Labute approximate surface area is 113 Å². The molecule has 1 aliphatic heterocycles. The second kappa shape index (κ2) is 5.03. The van der Waals surface area contributed by atoms with Crippen LogP contribution in [0.4, 0.5) is 5.69 Å². The summed E-state index contributed by atoms with van der Waals surface area (Å²) in [5, 5.41) is 2.77. The van der Waals surface area contributed by atoms with E-state index >= 15 is 0 Å². The Bertz CT molecular complexity index is 537. The summed E-state index contributed by atoms with van der Waals surface area (Å²) in [4.78, 5) is 25.6. The molecule has 1 aromatic rings. The SMILES string of the molecule is CCCN1C(=O)[C@H](NC(C)=O)c2c(C)ccc(C)c21. The van der Waals surface area contributed by atoms with Crippen LogP contribution in [0.5, 0.6) is 0 Å². The van der Waals surface area contributed by atoms with Gasteiger partial charge in [0.15, 0.2) is 0 Å². The Balaban J connectivity index is 2.56. The zero-order valence-electron chi connectivity index (χ0n) is 11.9. The predicted octanol–water partition coefficient (Wildman–Crippen LogP) is 2.24. The van der Waals surface area contributed by atoms with E-state index in [4.69, 9.17) is 0 Å². The van der Waals surface area contributed by atoms with Gasteiger partial charge in [-0.1, -0.05) is 19.1 Å². The van der Waals surface area contributed by atoms with E-state index in [1.165, 1.54) is 6.92 Å². The molecule has 102 valence electrons. The number of fused-ring (bicyclic) bond motifs is 1. The first kappa shape index (κ1) is 13.6. The first-order valence-corrected chi connectivity index (χ1v) is 6.66. The van der Waals surface area contributed by atoms with Gasteiger partial charge in [-0.2, -0.15) is 0 Å². The molecule has 1 heterocycles. The topological polar surface area (TPSA) is 49.4 Å². The summed E-state index contributed by atoms with van der Waals surface area (Å²) in [7, 11) is 0. The molecule has 0 fully saturated rings. The third-order valence-electron chi connectivity index (χ3n) is 3.50.